The van der Waals surface area contributed by atoms with Gasteiger partial charge in [-0.05, 0) is 18.4 Å². The molecule has 0 aliphatic heterocycles. The third-order valence-electron chi connectivity index (χ3n) is 3.21. The van der Waals surface area contributed by atoms with Gasteiger partial charge in [-0.2, -0.15) is 0 Å². The van der Waals surface area contributed by atoms with Crippen LogP contribution in [-0.4, -0.2) is 5.78 Å². The highest BCUT2D eigenvalue weighted by atomic mass is 16.1. The molecule has 1 atom stereocenters. The smallest absolute Gasteiger partial charge is 0.189 e. The van der Waals surface area contributed by atoms with Gasteiger partial charge in [0.2, 0.25) is 0 Å². The fraction of sp³-hybridized carbons (Fsp3) is 0.214. The molecule has 1 heteroatoms. The maximum Gasteiger partial charge on any atom is 0.189 e. The molecule has 0 heterocycles. The quantitative estimate of drug-likeness (QED) is 0.583. The van der Waals surface area contributed by atoms with Crippen LogP contribution in [-0.2, 0) is 6.42 Å². The van der Waals surface area contributed by atoms with E-state index < -0.39 is 0 Å². The summed E-state index contributed by atoms with van der Waals surface area (Å²) in [5, 5.41) is 0. The highest BCUT2D eigenvalue weighted by Crippen LogP contribution is 2.32. The fourth-order valence-electron chi connectivity index (χ4n) is 2.44. The summed E-state index contributed by atoms with van der Waals surface area (Å²) in [6, 6.07) is 7.95. The molecule has 0 bridgehead atoms. The van der Waals surface area contributed by atoms with Crippen molar-refractivity contribution < 1.29 is 4.79 Å². The zero-order chi connectivity index (χ0) is 10.3. The number of ketones is 1. The van der Waals surface area contributed by atoms with Gasteiger partial charge >= 0.3 is 0 Å². The predicted octanol–water partition coefficient (Wildman–Crippen LogP) is 2.93. The second-order valence-electron chi connectivity index (χ2n) is 4.12. The van der Waals surface area contributed by atoms with Gasteiger partial charge in [0.05, 0.1) is 0 Å². The van der Waals surface area contributed by atoms with Gasteiger partial charge in [-0.15, -0.1) is 0 Å². The van der Waals surface area contributed by atoms with Crippen LogP contribution in [0.25, 0.3) is 0 Å². The van der Waals surface area contributed by atoms with Crippen molar-refractivity contribution >= 4 is 5.78 Å². The summed E-state index contributed by atoms with van der Waals surface area (Å²) in [6.45, 7) is 0. The molecule has 1 unspecified atom stereocenters. The highest BCUT2D eigenvalue weighted by Gasteiger charge is 2.28. The third-order valence-corrected chi connectivity index (χ3v) is 3.21. The number of hydrogen-bond donors (Lipinski definition) is 0. The molecule has 0 spiro atoms. The standard InChI is InChI=1S/C14H12O/c15-14-12-7-3-1-5-10(12)9-11-6-2-4-8-13(11)14/h1-3,5-8,11H,4,9H2. The van der Waals surface area contributed by atoms with Crippen molar-refractivity contribution in [1.29, 1.82) is 0 Å². The number of carbonyl (C=O) groups excluding carboxylic acids is 1. The van der Waals surface area contributed by atoms with Crippen LogP contribution in [0.5, 0.6) is 0 Å². The Morgan fingerprint density at radius 1 is 1.20 bits per heavy atom. The van der Waals surface area contributed by atoms with Gasteiger partial charge < -0.3 is 0 Å². The maximum absolute atomic E-state index is 12.1. The number of benzene rings is 1. The molecule has 1 aromatic carbocycles. The van der Waals surface area contributed by atoms with Gasteiger partial charge in [0, 0.05) is 17.1 Å². The first-order valence-corrected chi connectivity index (χ1v) is 5.35. The molecule has 0 saturated heterocycles. The Bertz CT molecular complexity index is 480. The SMILES string of the molecule is O=C1C2=CCC=CC2Cc2ccccc21. The Balaban J connectivity index is 2.14. The number of rotatable bonds is 0. The van der Waals surface area contributed by atoms with Crippen molar-refractivity contribution in [3.63, 3.8) is 0 Å². The van der Waals surface area contributed by atoms with E-state index in [4.69, 9.17) is 0 Å². The van der Waals surface area contributed by atoms with Gasteiger partial charge in [-0.3, -0.25) is 4.79 Å². The van der Waals surface area contributed by atoms with Crippen molar-refractivity contribution in [1.82, 2.24) is 0 Å². The Morgan fingerprint density at radius 2 is 2.07 bits per heavy atom. The molecule has 0 saturated carbocycles. The van der Waals surface area contributed by atoms with Crippen molar-refractivity contribution in [2.45, 2.75) is 12.8 Å². The van der Waals surface area contributed by atoms with Crippen molar-refractivity contribution in [2.75, 3.05) is 0 Å². The normalized spacial score (nSPS) is 23.1. The first kappa shape index (κ1) is 8.66. The van der Waals surface area contributed by atoms with Gasteiger partial charge in [0.25, 0.3) is 0 Å². The molecule has 3 rings (SSSR count). The zero-order valence-corrected chi connectivity index (χ0v) is 8.44. The lowest BCUT2D eigenvalue weighted by Gasteiger charge is -2.26. The molecule has 0 radical (unpaired) electrons. The molecular weight excluding hydrogens is 184 g/mol. The van der Waals surface area contributed by atoms with Gasteiger partial charge in [-0.1, -0.05) is 42.5 Å². The third kappa shape index (κ3) is 1.27. The van der Waals surface area contributed by atoms with E-state index >= 15 is 0 Å². The molecule has 74 valence electrons. The van der Waals surface area contributed by atoms with Crippen LogP contribution in [0, 0.1) is 5.92 Å². The largest absolute Gasteiger partial charge is 0.289 e. The predicted molar refractivity (Wildman–Crippen MR) is 59.8 cm³/mol. The Hall–Kier alpha value is -1.63. The van der Waals surface area contributed by atoms with Crippen molar-refractivity contribution in [3.8, 4) is 0 Å². The van der Waals surface area contributed by atoms with Crippen LogP contribution in [0.4, 0.5) is 0 Å². The van der Waals surface area contributed by atoms with E-state index in [1.807, 2.05) is 18.2 Å². The lowest BCUT2D eigenvalue weighted by Crippen LogP contribution is -2.23. The molecule has 1 aromatic rings. The molecule has 0 fully saturated rings. The minimum absolute atomic E-state index is 0.228. The van der Waals surface area contributed by atoms with E-state index in [9.17, 15) is 4.79 Å². The monoisotopic (exact) mass is 196 g/mol. The number of allylic oxidation sites excluding steroid dienone is 4. The molecule has 2 aliphatic rings. The second kappa shape index (κ2) is 3.20. The summed E-state index contributed by atoms with van der Waals surface area (Å²) >= 11 is 0. The Kier molecular flexibility index (Phi) is 1.84. The molecular formula is C14H12O. The first-order chi connectivity index (χ1) is 7.36. The molecule has 2 aliphatic carbocycles. The summed E-state index contributed by atoms with van der Waals surface area (Å²) in [4.78, 5) is 12.1. The van der Waals surface area contributed by atoms with Crippen LogP contribution in [0.3, 0.4) is 0 Å². The van der Waals surface area contributed by atoms with E-state index in [0.29, 0.717) is 5.92 Å². The van der Waals surface area contributed by atoms with E-state index in [0.717, 1.165) is 24.0 Å². The summed E-state index contributed by atoms with van der Waals surface area (Å²) in [5.41, 5.74) is 3.09. The van der Waals surface area contributed by atoms with E-state index in [2.05, 4.69) is 24.3 Å². The van der Waals surface area contributed by atoms with Crippen LogP contribution in [0.15, 0.2) is 48.1 Å². The average Bonchev–Trinajstić information content (AvgIpc) is 2.30. The molecule has 15 heavy (non-hydrogen) atoms. The van der Waals surface area contributed by atoms with Gasteiger partial charge in [-0.25, -0.2) is 0 Å². The summed E-state index contributed by atoms with van der Waals surface area (Å²) in [7, 11) is 0. The molecule has 1 nitrogen and oxygen atoms in total. The lowest BCUT2D eigenvalue weighted by atomic mass is 9.77. The first-order valence-electron chi connectivity index (χ1n) is 5.35. The van der Waals surface area contributed by atoms with Crippen molar-refractivity contribution in [2.24, 2.45) is 5.92 Å². The maximum atomic E-state index is 12.1. The van der Waals surface area contributed by atoms with Crippen LogP contribution in [0.1, 0.15) is 22.3 Å². The van der Waals surface area contributed by atoms with Crippen LogP contribution < -0.4 is 0 Å². The van der Waals surface area contributed by atoms with E-state index in [-0.39, 0.29) is 5.78 Å². The minimum Gasteiger partial charge on any atom is -0.289 e. The Labute approximate surface area is 89.1 Å². The lowest BCUT2D eigenvalue weighted by molar-refractivity contribution is 0.101. The minimum atomic E-state index is 0.228. The highest BCUT2D eigenvalue weighted by molar-refractivity contribution is 6.11. The summed E-state index contributed by atoms with van der Waals surface area (Å²) < 4.78 is 0. The average molecular weight is 196 g/mol. The number of carbonyl (C=O) groups is 1. The van der Waals surface area contributed by atoms with Crippen molar-refractivity contribution in [3.05, 3.63) is 59.2 Å². The number of hydrogen-bond acceptors (Lipinski definition) is 1. The topological polar surface area (TPSA) is 17.1 Å². The summed E-state index contributed by atoms with van der Waals surface area (Å²) in [6.07, 6.45) is 8.27. The molecule has 0 amide bonds. The molecule has 0 N–H and O–H groups in total. The van der Waals surface area contributed by atoms with E-state index in [1.54, 1.807) is 0 Å². The zero-order valence-electron chi connectivity index (χ0n) is 8.44. The number of fused-ring (bicyclic) bond motifs is 2. The van der Waals surface area contributed by atoms with E-state index in [1.165, 1.54) is 5.56 Å². The Morgan fingerprint density at radius 3 is 3.00 bits per heavy atom. The summed E-state index contributed by atoms with van der Waals surface area (Å²) in [5.74, 6) is 0.548. The number of Topliss-reactive ketones (excluding diaryl/α,β-unsaturated/α-hetero) is 1. The second-order valence-corrected chi connectivity index (χ2v) is 4.12. The van der Waals surface area contributed by atoms with Gasteiger partial charge in [0.15, 0.2) is 5.78 Å². The van der Waals surface area contributed by atoms with Gasteiger partial charge in [0.1, 0.15) is 0 Å². The molecule has 0 aromatic heterocycles. The van der Waals surface area contributed by atoms with Crippen LogP contribution >= 0.6 is 0 Å². The van der Waals surface area contributed by atoms with Crippen LogP contribution in [0.2, 0.25) is 0 Å². The fourth-order valence-corrected chi connectivity index (χ4v) is 2.44.